The molecule has 1 fully saturated rings. The highest BCUT2D eigenvalue weighted by molar-refractivity contribution is 5.05. The lowest BCUT2D eigenvalue weighted by atomic mass is 9.68. The Kier molecular flexibility index (Phi) is 4.57. The third kappa shape index (κ3) is 2.86. The molecule has 1 aliphatic rings. The Balaban J connectivity index is 2.78. The standard InChI is InChI=1S/C14H27NO/c1-6-12(15-5)14(16-7-2)10-8-13(3,4)9-11-14/h6,12,15H,1,7-11H2,2-5H3. The van der Waals surface area contributed by atoms with Gasteiger partial charge in [0.25, 0.3) is 0 Å². The molecule has 0 bridgehead atoms. The van der Waals surface area contributed by atoms with E-state index in [1.165, 1.54) is 12.8 Å². The van der Waals surface area contributed by atoms with Crippen molar-refractivity contribution in [3.63, 3.8) is 0 Å². The molecule has 0 aliphatic heterocycles. The summed E-state index contributed by atoms with van der Waals surface area (Å²) < 4.78 is 6.07. The Morgan fingerprint density at radius 2 is 1.88 bits per heavy atom. The molecule has 16 heavy (non-hydrogen) atoms. The van der Waals surface area contributed by atoms with Crippen molar-refractivity contribution in [2.75, 3.05) is 13.7 Å². The minimum atomic E-state index is -0.0270. The van der Waals surface area contributed by atoms with Crippen LogP contribution in [0.5, 0.6) is 0 Å². The van der Waals surface area contributed by atoms with E-state index in [2.05, 4.69) is 32.7 Å². The maximum absolute atomic E-state index is 6.07. The smallest absolute Gasteiger partial charge is 0.0870 e. The lowest BCUT2D eigenvalue weighted by Gasteiger charge is -2.46. The highest BCUT2D eigenvalue weighted by Crippen LogP contribution is 2.43. The largest absolute Gasteiger partial charge is 0.373 e. The summed E-state index contributed by atoms with van der Waals surface area (Å²) in [6.07, 6.45) is 6.72. The molecular formula is C14H27NO. The summed E-state index contributed by atoms with van der Waals surface area (Å²) in [7, 11) is 1.99. The Labute approximate surface area is 100 Å². The van der Waals surface area contributed by atoms with E-state index >= 15 is 0 Å². The first-order chi connectivity index (χ1) is 7.49. The van der Waals surface area contributed by atoms with Gasteiger partial charge in [0.2, 0.25) is 0 Å². The summed E-state index contributed by atoms with van der Waals surface area (Å²) in [6.45, 7) is 11.5. The molecule has 0 radical (unpaired) electrons. The average Bonchev–Trinajstić information content (AvgIpc) is 2.24. The van der Waals surface area contributed by atoms with Crippen molar-refractivity contribution in [1.29, 1.82) is 0 Å². The predicted molar refractivity (Wildman–Crippen MR) is 69.7 cm³/mol. The molecule has 1 atom stereocenters. The molecule has 1 saturated carbocycles. The van der Waals surface area contributed by atoms with Gasteiger partial charge in [0.05, 0.1) is 11.6 Å². The van der Waals surface area contributed by atoms with Crippen molar-refractivity contribution >= 4 is 0 Å². The molecule has 1 aliphatic carbocycles. The van der Waals surface area contributed by atoms with Crippen LogP contribution in [0, 0.1) is 5.41 Å². The second-order valence-electron chi connectivity index (χ2n) is 5.66. The van der Waals surface area contributed by atoms with Crippen LogP contribution in [0.25, 0.3) is 0 Å². The Hall–Kier alpha value is -0.340. The molecule has 0 spiro atoms. The van der Waals surface area contributed by atoms with E-state index in [0.717, 1.165) is 19.4 Å². The lowest BCUT2D eigenvalue weighted by molar-refractivity contribution is -0.0955. The minimum absolute atomic E-state index is 0.0270. The van der Waals surface area contributed by atoms with Crippen molar-refractivity contribution in [3.8, 4) is 0 Å². The monoisotopic (exact) mass is 225 g/mol. The molecule has 1 N–H and O–H groups in total. The number of hydrogen-bond acceptors (Lipinski definition) is 2. The fourth-order valence-corrected chi connectivity index (χ4v) is 2.78. The van der Waals surface area contributed by atoms with E-state index in [1.807, 2.05) is 13.1 Å². The number of nitrogens with one attached hydrogen (secondary N) is 1. The fraction of sp³-hybridized carbons (Fsp3) is 0.857. The van der Waals surface area contributed by atoms with E-state index in [-0.39, 0.29) is 11.6 Å². The van der Waals surface area contributed by atoms with Crippen LogP contribution >= 0.6 is 0 Å². The maximum Gasteiger partial charge on any atom is 0.0870 e. The predicted octanol–water partition coefficient (Wildman–Crippen LogP) is 3.14. The molecule has 2 heteroatoms. The van der Waals surface area contributed by atoms with E-state index in [9.17, 15) is 0 Å². The van der Waals surface area contributed by atoms with Gasteiger partial charge in [-0.05, 0) is 45.1 Å². The maximum atomic E-state index is 6.07. The van der Waals surface area contributed by atoms with Gasteiger partial charge in [0.15, 0.2) is 0 Å². The third-order valence-electron chi connectivity index (χ3n) is 4.00. The first-order valence-corrected chi connectivity index (χ1v) is 6.43. The topological polar surface area (TPSA) is 21.3 Å². The van der Waals surface area contributed by atoms with Crippen molar-refractivity contribution in [2.45, 2.75) is 58.1 Å². The van der Waals surface area contributed by atoms with Crippen LogP contribution in [0.2, 0.25) is 0 Å². The molecule has 0 saturated heterocycles. The summed E-state index contributed by atoms with van der Waals surface area (Å²) in [6, 6.07) is 0.267. The van der Waals surface area contributed by atoms with Crippen LogP contribution in [0.4, 0.5) is 0 Å². The van der Waals surface area contributed by atoms with Gasteiger partial charge in [0.1, 0.15) is 0 Å². The van der Waals surface area contributed by atoms with E-state index in [0.29, 0.717) is 5.41 Å². The van der Waals surface area contributed by atoms with Gasteiger partial charge in [-0.25, -0.2) is 0 Å². The van der Waals surface area contributed by atoms with Crippen LogP contribution in [-0.4, -0.2) is 25.3 Å². The fourth-order valence-electron chi connectivity index (χ4n) is 2.78. The highest BCUT2D eigenvalue weighted by atomic mass is 16.5. The van der Waals surface area contributed by atoms with Crippen LogP contribution in [-0.2, 0) is 4.74 Å². The molecule has 2 nitrogen and oxygen atoms in total. The molecule has 0 aromatic carbocycles. The zero-order valence-corrected chi connectivity index (χ0v) is 11.3. The second kappa shape index (κ2) is 5.33. The molecule has 0 aromatic heterocycles. The molecule has 94 valence electrons. The van der Waals surface area contributed by atoms with Crippen molar-refractivity contribution in [1.82, 2.24) is 5.32 Å². The second-order valence-corrected chi connectivity index (χ2v) is 5.66. The molecular weight excluding hydrogens is 198 g/mol. The zero-order valence-electron chi connectivity index (χ0n) is 11.3. The SMILES string of the molecule is C=CC(NC)C1(OCC)CCC(C)(C)CC1. The van der Waals surface area contributed by atoms with Crippen LogP contribution in [0.1, 0.15) is 46.5 Å². The Morgan fingerprint density at radius 3 is 2.25 bits per heavy atom. The van der Waals surface area contributed by atoms with Crippen LogP contribution < -0.4 is 5.32 Å². The van der Waals surface area contributed by atoms with Gasteiger partial charge in [-0.15, -0.1) is 6.58 Å². The molecule has 0 amide bonds. The van der Waals surface area contributed by atoms with Crippen molar-refractivity contribution < 1.29 is 4.74 Å². The summed E-state index contributed by atoms with van der Waals surface area (Å²) in [5.41, 5.74) is 0.445. The summed E-state index contributed by atoms with van der Waals surface area (Å²) in [5.74, 6) is 0. The Bertz CT molecular complexity index is 225. The third-order valence-corrected chi connectivity index (χ3v) is 4.00. The van der Waals surface area contributed by atoms with Gasteiger partial charge in [-0.2, -0.15) is 0 Å². The van der Waals surface area contributed by atoms with Crippen molar-refractivity contribution in [3.05, 3.63) is 12.7 Å². The van der Waals surface area contributed by atoms with E-state index < -0.39 is 0 Å². The zero-order chi connectivity index (χ0) is 12.2. The first-order valence-electron chi connectivity index (χ1n) is 6.43. The molecule has 0 heterocycles. The number of likely N-dealkylation sites (N-methyl/N-ethyl adjacent to an activating group) is 1. The van der Waals surface area contributed by atoms with E-state index in [4.69, 9.17) is 4.74 Å². The number of ether oxygens (including phenoxy) is 1. The average molecular weight is 225 g/mol. The van der Waals surface area contributed by atoms with Gasteiger partial charge in [-0.1, -0.05) is 19.9 Å². The van der Waals surface area contributed by atoms with Crippen LogP contribution in [0.3, 0.4) is 0 Å². The van der Waals surface area contributed by atoms with Crippen molar-refractivity contribution in [2.24, 2.45) is 5.41 Å². The normalized spacial score (nSPS) is 25.0. The van der Waals surface area contributed by atoms with Crippen LogP contribution in [0.15, 0.2) is 12.7 Å². The highest BCUT2D eigenvalue weighted by Gasteiger charge is 2.43. The quantitative estimate of drug-likeness (QED) is 0.726. The number of rotatable bonds is 5. The number of hydrogen-bond donors (Lipinski definition) is 1. The van der Waals surface area contributed by atoms with Gasteiger partial charge in [-0.3, -0.25) is 0 Å². The van der Waals surface area contributed by atoms with E-state index in [1.54, 1.807) is 0 Å². The minimum Gasteiger partial charge on any atom is -0.373 e. The van der Waals surface area contributed by atoms with Gasteiger partial charge < -0.3 is 10.1 Å². The lowest BCUT2D eigenvalue weighted by Crippen LogP contribution is -2.53. The summed E-state index contributed by atoms with van der Waals surface area (Å²) in [4.78, 5) is 0. The first kappa shape index (κ1) is 13.7. The Morgan fingerprint density at radius 1 is 1.31 bits per heavy atom. The van der Waals surface area contributed by atoms with Gasteiger partial charge >= 0.3 is 0 Å². The molecule has 1 rings (SSSR count). The molecule has 1 unspecified atom stereocenters. The molecule has 0 aromatic rings. The summed E-state index contributed by atoms with van der Waals surface area (Å²) >= 11 is 0. The van der Waals surface area contributed by atoms with Gasteiger partial charge in [0, 0.05) is 6.61 Å². The summed E-state index contributed by atoms with van der Waals surface area (Å²) in [5, 5.41) is 3.33.